The lowest BCUT2D eigenvalue weighted by atomic mass is 10.1. The lowest BCUT2D eigenvalue weighted by Crippen LogP contribution is -2.12. The molecule has 0 heterocycles. The van der Waals surface area contributed by atoms with E-state index in [1.54, 1.807) is 37.4 Å². The average molecular weight is 357 g/mol. The first-order valence-electron chi connectivity index (χ1n) is 8.47. The number of methoxy groups -OCH3 is 1. The first kappa shape index (κ1) is 18.0. The fourth-order valence-electron chi connectivity index (χ4n) is 2.61. The molecular formula is C22H19N3O2. The third-order valence-corrected chi connectivity index (χ3v) is 4.06. The highest BCUT2D eigenvalue weighted by molar-refractivity contribution is 6.05. The minimum atomic E-state index is -0.190. The maximum Gasteiger partial charge on any atom is 0.255 e. The second kappa shape index (κ2) is 8.54. The summed E-state index contributed by atoms with van der Waals surface area (Å²) in [5.74, 6) is 0.463. The Morgan fingerprint density at radius 2 is 1.78 bits per heavy atom. The summed E-state index contributed by atoms with van der Waals surface area (Å²) in [6, 6.07) is 24.0. The molecule has 0 aliphatic carbocycles. The van der Waals surface area contributed by atoms with Crippen LogP contribution in [0.1, 0.15) is 21.5 Å². The van der Waals surface area contributed by atoms with Crippen molar-refractivity contribution in [2.75, 3.05) is 17.7 Å². The molecule has 134 valence electrons. The molecular weight excluding hydrogens is 338 g/mol. The van der Waals surface area contributed by atoms with Crippen molar-refractivity contribution in [3.63, 3.8) is 0 Å². The van der Waals surface area contributed by atoms with E-state index in [1.807, 2.05) is 42.5 Å². The van der Waals surface area contributed by atoms with Crippen LogP contribution in [0.5, 0.6) is 5.75 Å². The van der Waals surface area contributed by atoms with Gasteiger partial charge in [-0.2, -0.15) is 5.26 Å². The van der Waals surface area contributed by atoms with E-state index < -0.39 is 0 Å². The van der Waals surface area contributed by atoms with Gasteiger partial charge in [0.2, 0.25) is 0 Å². The van der Waals surface area contributed by atoms with Crippen LogP contribution in [-0.4, -0.2) is 13.0 Å². The van der Waals surface area contributed by atoms with E-state index in [9.17, 15) is 4.79 Å². The Hall–Kier alpha value is -3.78. The number of benzene rings is 3. The number of nitrogens with zero attached hydrogens (tertiary/aromatic N) is 1. The lowest BCUT2D eigenvalue weighted by molar-refractivity contribution is 0.102. The van der Waals surface area contributed by atoms with Gasteiger partial charge >= 0.3 is 0 Å². The molecule has 3 aromatic carbocycles. The van der Waals surface area contributed by atoms with Crippen molar-refractivity contribution in [2.24, 2.45) is 0 Å². The number of anilines is 2. The number of hydrogen-bond donors (Lipinski definition) is 2. The fourth-order valence-corrected chi connectivity index (χ4v) is 2.61. The zero-order valence-electron chi connectivity index (χ0n) is 14.9. The van der Waals surface area contributed by atoms with Crippen molar-refractivity contribution in [1.29, 1.82) is 5.26 Å². The molecule has 0 atom stereocenters. The maximum absolute atomic E-state index is 12.5. The summed E-state index contributed by atoms with van der Waals surface area (Å²) in [5, 5.41) is 15.0. The highest BCUT2D eigenvalue weighted by Gasteiger charge is 2.10. The van der Waals surface area contributed by atoms with E-state index in [0.717, 1.165) is 16.9 Å². The quantitative estimate of drug-likeness (QED) is 0.684. The number of para-hydroxylation sites is 1. The van der Waals surface area contributed by atoms with Crippen LogP contribution in [0.4, 0.5) is 11.4 Å². The highest BCUT2D eigenvalue weighted by Crippen LogP contribution is 2.26. The topological polar surface area (TPSA) is 74.2 Å². The van der Waals surface area contributed by atoms with E-state index in [1.165, 1.54) is 0 Å². The Morgan fingerprint density at radius 1 is 1.04 bits per heavy atom. The van der Waals surface area contributed by atoms with Gasteiger partial charge in [0.25, 0.3) is 5.91 Å². The predicted molar refractivity (Wildman–Crippen MR) is 106 cm³/mol. The van der Waals surface area contributed by atoms with E-state index in [-0.39, 0.29) is 5.91 Å². The summed E-state index contributed by atoms with van der Waals surface area (Å²) >= 11 is 0. The molecule has 0 fully saturated rings. The molecule has 0 unspecified atom stereocenters. The molecule has 3 rings (SSSR count). The third-order valence-electron chi connectivity index (χ3n) is 4.06. The molecule has 0 saturated heterocycles. The summed E-state index contributed by atoms with van der Waals surface area (Å²) in [4.78, 5) is 12.5. The van der Waals surface area contributed by atoms with Gasteiger partial charge in [-0.1, -0.05) is 30.3 Å². The molecule has 3 aromatic rings. The minimum Gasteiger partial charge on any atom is -0.495 e. The molecule has 27 heavy (non-hydrogen) atoms. The Labute approximate surface area is 158 Å². The van der Waals surface area contributed by atoms with Gasteiger partial charge in [0.05, 0.1) is 24.4 Å². The Bertz CT molecular complexity index is 961. The van der Waals surface area contributed by atoms with Crippen LogP contribution in [0.25, 0.3) is 0 Å². The van der Waals surface area contributed by atoms with E-state index in [2.05, 4.69) is 16.7 Å². The average Bonchev–Trinajstić information content (AvgIpc) is 2.73. The molecule has 0 bridgehead atoms. The van der Waals surface area contributed by atoms with E-state index >= 15 is 0 Å². The van der Waals surface area contributed by atoms with Crippen molar-refractivity contribution >= 4 is 17.3 Å². The Balaban J connectivity index is 1.74. The third kappa shape index (κ3) is 4.65. The molecule has 2 N–H and O–H groups in total. The SMILES string of the molecule is COc1ccc(C(=O)Nc2ccccc2)cc1NCc1ccc(C#N)cc1. The first-order valence-corrected chi connectivity index (χ1v) is 8.47. The van der Waals surface area contributed by atoms with Crippen LogP contribution in [0.2, 0.25) is 0 Å². The van der Waals surface area contributed by atoms with Crippen molar-refractivity contribution in [3.8, 4) is 11.8 Å². The number of hydrogen-bond acceptors (Lipinski definition) is 4. The van der Waals surface area contributed by atoms with Crippen molar-refractivity contribution in [2.45, 2.75) is 6.54 Å². The van der Waals surface area contributed by atoms with Gasteiger partial charge in [0.1, 0.15) is 5.75 Å². The van der Waals surface area contributed by atoms with E-state index in [4.69, 9.17) is 10.00 Å². The maximum atomic E-state index is 12.5. The monoisotopic (exact) mass is 357 g/mol. The Kier molecular flexibility index (Phi) is 5.70. The summed E-state index contributed by atoms with van der Waals surface area (Å²) in [6.45, 7) is 0.547. The molecule has 1 amide bonds. The summed E-state index contributed by atoms with van der Waals surface area (Å²) in [5.41, 5.74) is 3.64. The smallest absolute Gasteiger partial charge is 0.255 e. The van der Waals surface area contributed by atoms with Gasteiger partial charge in [-0.15, -0.1) is 0 Å². The van der Waals surface area contributed by atoms with Crippen molar-refractivity contribution < 1.29 is 9.53 Å². The molecule has 0 aromatic heterocycles. The number of rotatable bonds is 6. The first-order chi connectivity index (χ1) is 13.2. The van der Waals surface area contributed by atoms with Crippen LogP contribution >= 0.6 is 0 Å². The zero-order chi connectivity index (χ0) is 19.1. The van der Waals surface area contributed by atoms with Gasteiger partial charge in [-0.25, -0.2) is 0 Å². The van der Waals surface area contributed by atoms with Crippen molar-refractivity contribution in [3.05, 3.63) is 89.5 Å². The van der Waals surface area contributed by atoms with Gasteiger partial charge < -0.3 is 15.4 Å². The number of carbonyl (C=O) groups is 1. The second-order valence-electron chi connectivity index (χ2n) is 5.90. The zero-order valence-corrected chi connectivity index (χ0v) is 14.9. The van der Waals surface area contributed by atoms with Gasteiger partial charge in [-0.05, 0) is 48.0 Å². The van der Waals surface area contributed by atoms with Crippen LogP contribution < -0.4 is 15.4 Å². The van der Waals surface area contributed by atoms with Crippen LogP contribution in [0.3, 0.4) is 0 Å². The molecule has 5 nitrogen and oxygen atoms in total. The van der Waals surface area contributed by atoms with Crippen LogP contribution in [0.15, 0.2) is 72.8 Å². The number of carbonyl (C=O) groups excluding carboxylic acids is 1. The number of nitriles is 1. The van der Waals surface area contributed by atoms with E-state index in [0.29, 0.717) is 23.4 Å². The van der Waals surface area contributed by atoms with Crippen molar-refractivity contribution in [1.82, 2.24) is 0 Å². The minimum absolute atomic E-state index is 0.190. The molecule has 0 radical (unpaired) electrons. The number of ether oxygens (including phenoxy) is 1. The highest BCUT2D eigenvalue weighted by atomic mass is 16.5. The largest absolute Gasteiger partial charge is 0.495 e. The summed E-state index contributed by atoms with van der Waals surface area (Å²) < 4.78 is 5.39. The molecule has 0 spiro atoms. The lowest BCUT2D eigenvalue weighted by Gasteiger charge is -2.13. The van der Waals surface area contributed by atoms with Gasteiger partial charge in [-0.3, -0.25) is 4.79 Å². The molecule has 0 aliphatic rings. The molecule has 0 saturated carbocycles. The standard InChI is InChI=1S/C22H19N3O2/c1-27-21-12-11-18(22(26)25-19-5-3-2-4-6-19)13-20(21)24-15-17-9-7-16(14-23)8-10-17/h2-13,24H,15H2,1H3,(H,25,26). The van der Waals surface area contributed by atoms with Crippen LogP contribution in [0, 0.1) is 11.3 Å². The summed E-state index contributed by atoms with van der Waals surface area (Å²) in [7, 11) is 1.59. The predicted octanol–water partition coefficient (Wildman–Crippen LogP) is 4.43. The summed E-state index contributed by atoms with van der Waals surface area (Å²) in [6.07, 6.45) is 0. The normalized spacial score (nSPS) is 9.93. The number of nitrogens with one attached hydrogen (secondary N) is 2. The molecule has 5 heteroatoms. The molecule has 0 aliphatic heterocycles. The van der Waals surface area contributed by atoms with Gasteiger partial charge in [0.15, 0.2) is 0 Å². The van der Waals surface area contributed by atoms with Crippen LogP contribution in [-0.2, 0) is 6.54 Å². The van der Waals surface area contributed by atoms with Gasteiger partial charge in [0, 0.05) is 17.8 Å². The fraction of sp³-hybridized carbons (Fsp3) is 0.0909. The second-order valence-corrected chi connectivity index (χ2v) is 5.90. The Morgan fingerprint density at radius 3 is 2.44 bits per heavy atom. The number of amides is 1.